The van der Waals surface area contributed by atoms with Crippen molar-refractivity contribution < 1.29 is 28.4 Å². The first kappa shape index (κ1) is 21.9. The SMILES string of the molecule is COC(=O)c1cc(NC(=O)c2ccccc2OC)cc(B2OC(C)(C)C(C)(C)O2)c1. The van der Waals surface area contributed by atoms with Crippen LogP contribution in [0, 0.1) is 0 Å². The van der Waals surface area contributed by atoms with Gasteiger partial charge >= 0.3 is 13.1 Å². The Labute approximate surface area is 176 Å². The van der Waals surface area contributed by atoms with Crippen molar-refractivity contribution in [2.45, 2.75) is 38.9 Å². The summed E-state index contributed by atoms with van der Waals surface area (Å²) in [6.45, 7) is 7.78. The summed E-state index contributed by atoms with van der Waals surface area (Å²) in [7, 11) is 2.11. The van der Waals surface area contributed by atoms with Gasteiger partial charge in [0.05, 0.1) is 36.5 Å². The molecule has 1 aliphatic rings. The van der Waals surface area contributed by atoms with Gasteiger partial charge in [-0.15, -0.1) is 0 Å². The van der Waals surface area contributed by atoms with Crippen molar-refractivity contribution in [2.75, 3.05) is 19.5 Å². The van der Waals surface area contributed by atoms with Crippen molar-refractivity contribution in [2.24, 2.45) is 0 Å². The van der Waals surface area contributed by atoms with Crippen LogP contribution in [0.4, 0.5) is 5.69 Å². The Morgan fingerprint density at radius 3 is 2.20 bits per heavy atom. The van der Waals surface area contributed by atoms with Gasteiger partial charge in [0.15, 0.2) is 0 Å². The molecule has 1 saturated heterocycles. The summed E-state index contributed by atoms with van der Waals surface area (Å²) < 4.78 is 22.3. The minimum absolute atomic E-state index is 0.278. The molecule has 158 valence electrons. The summed E-state index contributed by atoms with van der Waals surface area (Å²) >= 11 is 0. The van der Waals surface area contributed by atoms with Crippen LogP contribution in [0.25, 0.3) is 0 Å². The Balaban J connectivity index is 1.96. The molecule has 8 heteroatoms. The van der Waals surface area contributed by atoms with E-state index in [1.807, 2.05) is 27.7 Å². The minimum Gasteiger partial charge on any atom is -0.496 e. The van der Waals surface area contributed by atoms with E-state index in [1.54, 1.807) is 42.5 Å². The fraction of sp³-hybridized carbons (Fsp3) is 0.364. The molecule has 0 radical (unpaired) electrons. The van der Waals surface area contributed by atoms with Gasteiger partial charge in [-0.3, -0.25) is 4.79 Å². The Morgan fingerprint density at radius 1 is 0.967 bits per heavy atom. The standard InChI is InChI=1S/C22H26BNO6/c1-21(2)22(3,4)30-23(29-21)15-11-14(20(26)28-6)12-16(13-15)24-19(25)17-9-7-8-10-18(17)27-5/h7-13H,1-6H3,(H,24,25). The lowest BCUT2D eigenvalue weighted by Crippen LogP contribution is -2.41. The molecule has 1 amide bonds. The van der Waals surface area contributed by atoms with Gasteiger partial charge in [-0.1, -0.05) is 12.1 Å². The third-order valence-corrected chi connectivity index (χ3v) is 5.51. The van der Waals surface area contributed by atoms with E-state index in [-0.39, 0.29) is 11.5 Å². The van der Waals surface area contributed by atoms with Gasteiger partial charge in [0, 0.05) is 5.69 Å². The van der Waals surface area contributed by atoms with Crippen LogP contribution in [0.1, 0.15) is 48.4 Å². The van der Waals surface area contributed by atoms with Crippen LogP contribution >= 0.6 is 0 Å². The molecule has 0 spiro atoms. The van der Waals surface area contributed by atoms with E-state index in [4.69, 9.17) is 18.8 Å². The Kier molecular flexibility index (Phi) is 5.92. The summed E-state index contributed by atoms with van der Waals surface area (Å²) in [4.78, 5) is 25.0. The monoisotopic (exact) mass is 411 g/mol. The fourth-order valence-electron chi connectivity index (χ4n) is 3.11. The third kappa shape index (κ3) is 4.20. The molecule has 0 bridgehead atoms. The zero-order valence-electron chi connectivity index (χ0n) is 18.1. The predicted molar refractivity (Wildman–Crippen MR) is 114 cm³/mol. The molecule has 0 aromatic heterocycles. The number of hydrogen-bond donors (Lipinski definition) is 1. The van der Waals surface area contributed by atoms with Gasteiger partial charge in [-0.05, 0) is 63.5 Å². The van der Waals surface area contributed by atoms with Crippen molar-refractivity contribution in [3.63, 3.8) is 0 Å². The highest BCUT2D eigenvalue weighted by Gasteiger charge is 2.51. The lowest BCUT2D eigenvalue weighted by Gasteiger charge is -2.32. The first-order chi connectivity index (χ1) is 14.1. The normalized spacial score (nSPS) is 16.8. The average molecular weight is 411 g/mol. The quantitative estimate of drug-likeness (QED) is 0.602. The smallest absolute Gasteiger partial charge is 0.494 e. The van der Waals surface area contributed by atoms with E-state index in [0.29, 0.717) is 22.5 Å². The molecule has 30 heavy (non-hydrogen) atoms. The summed E-state index contributed by atoms with van der Waals surface area (Å²) in [5, 5.41) is 2.82. The summed E-state index contributed by atoms with van der Waals surface area (Å²) in [6, 6.07) is 11.8. The van der Waals surface area contributed by atoms with Crippen molar-refractivity contribution in [3.05, 3.63) is 53.6 Å². The number of para-hydroxylation sites is 1. The largest absolute Gasteiger partial charge is 0.496 e. The molecule has 1 N–H and O–H groups in total. The van der Waals surface area contributed by atoms with Gasteiger partial charge in [-0.25, -0.2) is 4.79 Å². The molecule has 1 aliphatic heterocycles. The number of anilines is 1. The minimum atomic E-state index is -0.693. The maximum absolute atomic E-state index is 12.8. The summed E-state index contributed by atoms with van der Waals surface area (Å²) in [6.07, 6.45) is 0. The lowest BCUT2D eigenvalue weighted by atomic mass is 9.78. The van der Waals surface area contributed by atoms with Crippen LogP contribution in [0.15, 0.2) is 42.5 Å². The molecule has 2 aromatic rings. The van der Waals surface area contributed by atoms with Crippen molar-refractivity contribution in [3.8, 4) is 5.75 Å². The Morgan fingerprint density at radius 2 is 1.60 bits per heavy atom. The zero-order chi connectivity index (χ0) is 22.1. The second-order valence-electron chi connectivity index (χ2n) is 8.08. The fourth-order valence-corrected chi connectivity index (χ4v) is 3.11. The number of methoxy groups -OCH3 is 2. The molecule has 1 fully saturated rings. The second-order valence-corrected chi connectivity index (χ2v) is 8.08. The van der Waals surface area contributed by atoms with Crippen molar-refractivity contribution >= 4 is 30.1 Å². The average Bonchev–Trinajstić information content (AvgIpc) is 2.94. The van der Waals surface area contributed by atoms with E-state index < -0.39 is 24.3 Å². The highest BCUT2D eigenvalue weighted by Crippen LogP contribution is 2.36. The number of rotatable bonds is 5. The number of esters is 1. The highest BCUT2D eigenvalue weighted by molar-refractivity contribution is 6.62. The van der Waals surface area contributed by atoms with E-state index in [0.717, 1.165) is 0 Å². The number of benzene rings is 2. The molecular weight excluding hydrogens is 385 g/mol. The summed E-state index contributed by atoms with van der Waals surface area (Å²) in [5.41, 5.74) is 0.588. The van der Waals surface area contributed by atoms with Gasteiger partial charge in [-0.2, -0.15) is 0 Å². The molecule has 0 unspecified atom stereocenters. The van der Waals surface area contributed by atoms with Crippen LogP contribution in [-0.2, 0) is 14.0 Å². The molecule has 0 atom stereocenters. The predicted octanol–water partition coefficient (Wildman–Crippen LogP) is 3.03. The molecule has 3 rings (SSSR count). The Bertz CT molecular complexity index is 956. The van der Waals surface area contributed by atoms with Gasteiger partial charge < -0.3 is 24.1 Å². The number of nitrogens with one attached hydrogen (secondary N) is 1. The third-order valence-electron chi connectivity index (χ3n) is 5.51. The lowest BCUT2D eigenvalue weighted by molar-refractivity contribution is 0.00578. The number of amides is 1. The van der Waals surface area contributed by atoms with E-state index in [9.17, 15) is 9.59 Å². The van der Waals surface area contributed by atoms with Gasteiger partial charge in [0.1, 0.15) is 5.75 Å². The van der Waals surface area contributed by atoms with Crippen LogP contribution in [0.5, 0.6) is 5.75 Å². The molecule has 0 saturated carbocycles. The van der Waals surface area contributed by atoms with Crippen molar-refractivity contribution in [1.82, 2.24) is 0 Å². The van der Waals surface area contributed by atoms with Gasteiger partial charge in [0.25, 0.3) is 5.91 Å². The first-order valence-corrected chi connectivity index (χ1v) is 9.61. The maximum atomic E-state index is 12.8. The maximum Gasteiger partial charge on any atom is 0.494 e. The number of hydrogen-bond acceptors (Lipinski definition) is 6. The van der Waals surface area contributed by atoms with Crippen LogP contribution in [0.2, 0.25) is 0 Å². The van der Waals surface area contributed by atoms with Gasteiger partial charge in [0.2, 0.25) is 0 Å². The highest BCUT2D eigenvalue weighted by atomic mass is 16.7. The van der Waals surface area contributed by atoms with E-state index >= 15 is 0 Å². The summed E-state index contributed by atoms with van der Waals surface area (Å²) in [5.74, 6) is -0.444. The first-order valence-electron chi connectivity index (χ1n) is 9.61. The zero-order valence-corrected chi connectivity index (χ0v) is 18.1. The van der Waals surface area contributed by atoms with E-state index in [1.165, 1.54) is 14.2 Å². The molecule has 1 heterocycles. The number of carbonyl (C=O) groups excluding carboxylic acids is 2. The van der Waals surface area contributed by atoms with Crippen LogP contribution < -0.4 is 15.5 Å². The number of carbonyl (C=O) groups is 2. The second kappa shape index (κ2) is 8.12. The molecular formula is C22H26BNO6. The Hall–Kier alpha value is -2.84. The van der Waals surface area contributed by atoms with Crippen molar-refractivity contribution in [1.29, 1.82) is 0 Å². The van der Waals surface area contributed by atoms with Crippen LogP contribution in [-0.4, -0.2) is 44.4 Å². The molecule has 0 aliphatic carbocycles. The van der Waals surface area contributed by atoms with E-state index in [2.05, 4.69) is 5.32 Å². The molecule has 2 aromatic carbocycles. The molecule has 7 nitrogen and oxygen atoms in total. The number of ether oxygens (including phenoxy) is 2. The topological polar surface area (TPSA) is 83.1 Å². The van der Waals surface area contributed by atoms with Crippen LogP contribution in [0.3, 0.4) is 0 Å².